The van der Waals surface area contributed by atoms with E-state index in [9.17, 15) is 9.59 Å². The van der Waals surface area contributed by atoms with E-state index in [0.717, 1.165) is 5.56 Å². The quantitative estimate of drug-likeness (QED) is 0.796. The molecule has 0 heterocycles. The Labute approximate surface area is 118 Å². The highest BCUT2D eigenvalue weighted by atomic mass is 16.5. The lowest BCUT2D eigenvalue weighted by Crippen LogP contribution is -2.40. The van der Waals surface area contributed by atoms with Crippen LogP contribution in [0.2, 0.25) is 0 Å². The van der Waals surface area contributed by atoms with Gasteiger partial charge in [-0.05, 0) is 13.0 Å². The number of nitrogens with one attached hydrogen (secondary N) is 1. The molecule has 0 unspecified atom stereocenters. The zero-order valence-electron chi connectivity index (χ0n) is 11.8. The van der Waals surface area contributed by atoms with Gasteiger partial charge in [0.15, 0.2) is 0 Å². The monoisotopic (exact) mass is 280 g/mol. The zero-order chi connectivity index (χ0) is 15.0. The van der Waals surface area contributed by atoms with Gasteiger partial charge < -0.3 is 20.1 Å². The lowest BCUT2D eigenvalue weighted by atomic mass is 10.2. The van der Waals surface area contributed by atoms with Crippen LogP contribution < -0.4 is 10.1 Å². The molecule has 0 radical (unpaired) electrons. The zero-order valence-corrected chi connectivity index (χ0v) is 11.8. The molecule has 0 atom stereocenters. The lowest BCUT2D eigenvalue weighted by molar-refractivity contribution is -0.137. The van der Waals surface area contributed by atoms with Gasteiger partial charge in [-0.15, -0.1) is 0 Å². The molecule has 2 N–H and O–H groups in total. The Bertz CT molecular complexity index is 462. The first-order valence-electron chi connectivity index (χ1n) is 6.45. The van der Waals surface area contributed by atoms with Gasteiger partial charge in [-0.25, -0.2) is 4.79 Å². The van der Waals surface area contributed by atoms with Gasteiger partial charge >= 0.3 is 12.0 Å². The van der Waals surface area contributed by atoms with E-state index in [2.05, 4.69) is 5.32 Å². The predicted molar refractivity (Wildman–Crippen MR) is 74.7 cm³/mol. The van der Waals surface area contributed by atoms with Crippen molar-refractivity contribution < 1.29 is 19.4 Å². The maximum Gasteiger partial charge on any atom is 0.317 e. The average molecular weight is 280 g/mol. The number of carboxylic acids is 1. The molecule has 2 amide bonds. The van der Waals surface area contributed by atoms with E-state index < -0.39 is 5.97 Å². The number of carbonyl (C=O) groups excluding carboxylic acids is 1. The van der Waals surface area contributed by atoms with Crippen LogP contribution in [0.3, 0.4) is 0 Å². The van der Waals surface area contributed by atoms with E-state index in [0.29, 0.717) is 18.8 Å². The van der Waals surface area contributed by atoms with Gasteiger partial charge in [0.25, 0.3) is 0 Å². The molecule has 0 saturated heterocycles. The van der Waals surface area contributed by atoms with Crippen LogP contribution >= 0.6 is 0 Å². The van der Waals surface area contributed by atoms with Crippen molar-refractivity contribution in [3.63, 3.8) is 0 Å². The summed E-state index contributed by atoms with van der Waals surface area (Å²) in [5.74, 6) is -0.206. The Morgan fingerprint density at radius 2 is 2.05 bits per heavy atom. The van der Waals surface area contributed by atoms with Crippen LogP contribution in [0.5, 0.6) is 5.75 Å². The third-order valence-corrected chi connectivity index (χ3v) is 2.89. The second-order valence-electron chi connectivity index (χ2n) is 4.19. The molecule has 1 rings (SSSR count). The minimum absolute atomic E-state index is 0.0596. The molecule has 110 valence electrons. The Hall–Kier alpha value is -2.24. The average Bonchev–Trinajstić information content (AvgIpc) is 2.45. The van der Waals surface area contributed by atoms with Gasteiger partial charge in [-0.2, -0.15) is 0 Å². The summed E-state index contributed by atoms with van der Waals surface area (Å²) < 4.78 is 5.20. The van der Waals surface area contributed by atoms with Gasteiger partial charge in [0, 0.05) is 25.2 Å². The third kappa shape index (κ3) is 4.79. The molecule has 0 spiro atoms. The number of carboxylic acid groups (broad SMARTS) is 1. The number of benzene rings is 1. The first-order valence-corrected chi connectivity index (χ1v) is 6.45. The van der Waals surface area contributed by atoms with E-state index in [-0.39, 0.29) is 19.0 Å². The van der Waals surface area contributed by atoms with Crippen molar-refractivity contribution in [3.8, 4) is 5.75 Å². The van der Waals surface area contributed by atoms with E-state index >= 15 is 0 Å². The van der Waals surface area contributed by atoms with Gasteiger partial charge in [0.1, 0.15) is 5.75 Å². The fraction of sp³-hybridized carbons (Fsp3) is 0.429. The second-order valence-corrected chi connectivity index (χ2v) is 4.19. The van der Waals surface area contributed by atoms with Crippen LogP contribution in [-0.2, 0) is 11.3 Å². The van der Waals surface area contributed by atoms with Crippen molar-refractivity contribution in [2.75, 3.05) is 20.2 Å². The number of methoxy groups -OCH3 is 1. The molecule has 0 saturated carbocycles. The summed E-state index contributed by atoms with van der Waals surface area (Å²) in [6, 6.07) is 7.14. The Morgan fingerprint density at radius 1 is 1.35 bits per heavy atom. The molecule has 6 heteroatoms. The number of hydrogen-bond donors (Lipinski definition) is 2. The molecule has 0 aliphatic heterocycles. The molecule has 0 aliphatic rings. The molecule has 6 nitrogen and oxygen atoms in total. The fourth-order valence-corrected chi connectivity index (χ4v) is 1.77. The van der Waals surface area contributed by atoms with E-state index in [1.807, 2.05) is 31.2 Å². The lowest BCUT2D eigenvalue weighted by Gasteiger charge is -2.20. The van der Waals surface area contributed by atoms with Crippen LogP contribution in [0, 0.1) is 0 Å². The highest BCUT2D eigenvalue weighted by Crippen LogP contribution is 2.16. The van der Waals surface area contributed by atoms with Crippen LogP contribution in [0.15, 0.2) is 24.3 Å². The molecular weight excluding hydrogens is 260 g/mol. The molecular formula is C14H20N2O4. The minimum Gasteiger partial charge on any atom is -0.496 e. The third-order valence-electron chi connectivity index (χ3n) is 2.89. The molecule has 1 aromatic rings. The second kappa shape index (κ2) is 8.04. The Balaban J connectivity index is 2.54. The van der Waals surface area contributed by atoms with Gasteiger partial charge in [0.2, 0.25) is 0 Å². The smallest absolute Gasteiger partial charge is 0.317 e. The molecule has 0 bridgehead atoms. The van der Waals surface area contributed by atoms with Crippen molar-refractivity contribution in [2.24, 2.45) is 0 Å². The highest BCUT2D eigenvalue weighted by Gasteiger charge is 2.13. The van der Waals surface area contributed by atoms with Crippen LogP contribution in [0.25, 0.3) is 0 Å². The molecule has 0 fully saturated rings. The molecule has 0 aliphatic carbocycles. The fourth-order valence-electron chi connectivity index (χ4n) is 1.77. The summed E-state index contributed by atoms with van der Waals surface area (Å²) in [4.78, 5) is 23.9. The minimum atomic E-state index is -0.916. The van der Waals surface area contributed by atoms with Crippen molar-refractivity contribution >= 4 is 12.0 Å². The summed E-state index contributed by atoms with van der Waals surface area (Å²) in [5.41, 5.74) is 0.873. The Morgan fingerprint density at radius 3 is 2.65 bits per heavy atom. The SMILES string of the molecule is CCN(CCC(=O)O)C(=O)NCc1ccccc1OC. The number of urea groups is 1. The van der Waals surface area contributed by atoms with E-state index in [4.69, 9.17) is 9.84 Å². The van der Waals surface area contributed by atoms with Crippen LogP contribution in [-0.4, -0.2) is 42.2 Å². The number of nitrogens with zero attached hydrogens (tertiary/aromatic N) is 1. The number of rotatable bonds is 7. The standard InChI is InChI=1S/C14H20N2O4/c1-3-16(9-8-13(17)18)14(19)15-10-11-6-4-5-7-12(11)20-2/h4-7H,3,8-10H2,1-2H3,(H,15,19)(H,17,18). The van der Waals surface area contributed by atoms with Crippen LogP contribution in [0.4, 0.5) is 4.79 Å². The number of para-hydroxylation sites is 1. The van der Waals surface area contributed by atoms with Crippen molar-refractivity contribution in [1.82, 2.24) is 10.2 Å². The van der Waals surface area contributed by atoms with Crippen LogP contribution in [0.1, 0.15) is 18.9 Å². The molecule has 20 heavy (non-hydrogen) atoms. The maximum absolute atomic E-state index is 11.9. The van der Waals surface area contributed by atoms with Gasteiger partial charge in [0.05, 0.1) is 13.5 Å². The summed E-state index contributed by atoms with van der Waals surface area (Å²) in [7, 11) is 1.58. The van der Waals surface area contributed by atoms with E-state index in [1.165, 1.54) is 4.90 Å². The van der Waals surface area contributed by atoms with E-state index in [1.54, 1.807) is 7.11 Å². The van der Waals surface area contributed by atoms with Crippen molar-refractivity contribution in [3.05, 3.63) is 29.8 Å². The molecule has 0 aromatic heterocycles. The normalized spacial score (nSPS) is 9.90. The van der Waals surface area contributed by atoms with Crippen molar-refractivity contribution in [1.29, 1.82) is 0 Å². The number of carbonyl (C=O) groups is 2. The number of amides is 2. The number of aliphatic carboxylic acids is 1. The number of ether oxygens (including phenoxy) is 1. The molecule has 1 aromatic carbocycles. The largest absolute Gasteiger partial charge is 0.496 e. The first-order chi connectivity index (χ1) is 9.58. The summed E-state index contributed by atoms with van der Waals surface area (Å²) in [6.07, 6.45) is -0.0596. The summed E-state index contributed by atoms with van der Waals surface area (Å²) in [5, 5.41) is 11.4. The van der Waals surface area contributed by atoms with Crippen molar-refractivity contribution in [2.45, 2.75) is 19.9 Å². The first kappa shape index (κ1) is 15.8. The van der Waals surface area contributed by atoms with Gasteiger partial charge in [-0.1, -0.05) is 18.2 Å². The maximum atomic E-state index is 11.9. The number of hydrogen-bond acceptors (Lipinski definition) is 3. The predicted octanol–water partition coefficient (Wildman–Crippen LogP) is 1.70. The van der Waals surface area contributed by atoms with Gasteiger partial charge in [-0.3, -0.25) is 4.79 Å². The summed E-state index contributed by atoms with van der Waals surface area (Å²) in [6.45, 7) is 2.81. The Kier molecular flexibility index (Phi) is 6.36. The highest BCUT2D eigenvalue weighted by molar-refractivity contribution is 5.75. The summed E-state index contributed by atoms with van der Waals surface area (Å²) >= 11 is 0. The topological polar surface area (TPSA) is 78.9 Å².